The van der Waals surface area contributed by atoms with E-state index in [0.29, 0.717) is 6.54 Å². The quantitative estimate of drug-likeness (QED) is 0.326. The lowest BCUT2D eigenvalue weighted by Gasteiger charge is -2.18. The number of aliphatic imine (C=N–C) groups is 1. The molecule has 0 aliphatic carbocycles. The standard InChI is InChI=1S/C17H34N6.HI/c1-6-9-11-15(10-7-2)12-19-17(18-8-3)20-13-16-22-21-14(4)23(16)5;/h15H,6-13H2,1-5H3,(H2,18,19,20);1H. The van der Waals surface area contributed by atoms with Gasteiger partial charge in [0.2, 0.25) is 0 Å². The van der Waals surface area contributed by atoms with Crippen LogP contribution in [0.3, 0.4) is 0 Å². The Bertz CT molecular complexity index is 472. The van der Waals surface area contributed by atoms with Gasteiger partial charge in [0.15, 0.2) is 11.8 Å². The van der Waals surface area contributed by atoms with Crippen LogP contribution < -0.4 is 10.6 Å². The van der Waals surface area contributed by atoms with Gasteiger partial charge in [-0.1, -0.05) is 33.1 Å². The van der Waals surface area contributed by atoms with E-state index in [0.717, 1.165) is 36.6 Å². The molecule has 0 saturated carbocycles. The molecule has 1 rings (SSSR count). The first kappa shape index (κ1) is 23.1. The van der Waals surface area contributed by atoms with Gasteiger partial charge in [-0.05, 0) is 32.6 Å². The number of guanidine groups is 1. The van der Waals surface area contributed by atoms with E-state index in [2.05, 4.69) is 46.6 Å². The molecule has 0 spiro atoms. The number of unbranched alkanes of at least 4 members (excludes halogenated alkanes) is 1. The predicted octanol–water partition coefficient (Wildman–Crippen LogP) is 3.40. The van der Waals surface area contributed by atoms with E-state index >= 15 is 0 Å². The highest BCUT2D eigenvalue weighted by atomic mass is 127. The van der Waals surface area contributed by atoms with Crippen molar-refractivity contribution in [2.24, 2.45) is 18.0 Å². The molecule has 140 valence electrons. The summed E-state index contributed by atoms with van der Waals surface area (Å²) < 4.78 is 1.98. The van der Waals surface area contributed by atoms with Crippen LogP contribution in [0.25, 0.3) is 0 Å². The van der Waals surface area contributed by atoms with E-state index in [4.69, 9.17) is 0 Å². The minimum Gasteiger partial charge on any atom is -0.357 e. The fourth-order valence-electron chi connectivity index (χ4n) is 2.57. The fraction of sp³-hybridized carbons (Fsp3) is 0.824. The summed E-state index contributed by atoms with van der Waals surface area (Å²) in [6, 6.07) is 0. The van der Waals surface area contributed by atoms with Gasteiger partial charge in [0.25, 0.3) is 0 Å². The summed E-state index contributed by atoms with van der Waals surface area (Å²) >= 11 is 0. The van der Waals surface area contributed by atoms with Crippen LogP contribution in [-0.2, 0) is 13.6 Å². The average Bonchev–Trinajstić information content (AvgIpc) is 2.86. The zero-order chi connectivity index (χ0) is 17.1. The minimum absolute atomic E-state index is 0. The molecule has 1 aromatic rings. The van der Waals surface area contributed by atoms with Crippen LogP contribution in [0.2, 0.25) is 0 Å². The lowest BCUT2D eigenvalue weighted by Crippen LogP contribution is -2.39. The Morgan fingerprint density at radius 1 is 1.12 bits per heavy atom. The Kier molecular flexibility index (Phi) is 13.0. The van der Waals surface area contributed by atoms with E-state index in [1.54, 1.807) is 0 Å². The molecule has 0 amide bonds. The van der Waals surface area contributed by atoms with Crippen LogP contribution in [0.5, 0.6) is 0 Å². The van der Waals surface area contributed by atoms with Crippen LogP contribution in [0.1, 0.15) is 64.5 Å². The molecule has 24 heavy (non-hydrogen) atoms. The van der Waals surface area contributed by atoms with Gasteiger partial charge in [0.1, 0.15) is 12.4 Å². The monoisotopic (exact) mass is 450 g/mol. The zero-order valence-electron chi connectivity index (χ0n) is 15.9. The molecule has 0 saturated heterocycles. The molecule has 1 heterocycles. The molecular weight excluding hydrogens is 415 g/mol. The van der Waals surface area contributed by atoms with Gasteiger partial charge in [-0.25, -0.2) is 4.99 Å². The number of hydrogen-bond acceptors (Lipinski definition) is 3. The lowest BCUT2D eigenvalue weighted by molar-refractivity contribution is 0.423. The first-order chi connectivity index (χ1) is 11.1. The minimum atomic E-state index is 0. The van der Waals surface area contributed by atoms with E-state index in [1.807, 2.05) is 18.5 Å². The molecule has 1 unspecified atom stereocenters. The van der Waals surface area contributed by atoms with Crippen LogP contribution in [0.15, 0.2) is 4.99 Å². The zero-order valence-corrected chi connectivity index (χ0v) is 18.3. The van der Waals surface area contributed by atoms with Crippen molar-refractivity contribution in [2.45, 2.75) is 66.3 Å². The molecule has 0 aliphatic heterocycles. The third-order valence-electron chi connectivity index (χ3n) is 4.13. The fourth-order valence-corrected chi connectivity index (χ4v) is 2.57. The van der Waals surface area contributed by atoms with Gasteiger partial charge in [-0.2, -0.15) is 0 Å². The van der Waals surface area contributed by atoms with Crippen molar-refractivity contribution in [3.8, 4) is 0 Å². The largest absolute Gasteiger partial charge is 0.357 e. The van der Waals surface area contributed by atoms with E-state index in [-0.39, 0.29) is 24.0 Å². The first-order valence-electron chi connectivity index (χ1n) is 8.99. The third kappa shape index (κ3) is 8.30. The molecule has 6 nitrogen and oxygen atoms in total. The molecule has 0 bridgehead atoms. The van der Waals surface area contributed by atoms with Crippen molar-refractivity contribution in [1.82, 2.24) is 25.4 Å². The van der Waals surface area contributed by atoms with Crippen molar-refractivity contribution >= 4 is 29.9 Å². The van der Waals surface area contributed by atoms with Gasteiger partial charge in [0.05, 0.1) is 0 Å². The smallest absolute Gasteiger partial charge is 0.191 e. The highest BCUT2D eigenvalue weighted by molar-refractivity contribution is 14.0. The highest BCUT2D eigenvalue weighted by Crippen LogP contribution is 2.13. The van der Waals surface area contributed by atoms with Crippen molar-refractivity contribution in [3.63, 3.8) is 0 Å². The van der Waals surface area contributed by atoms with E-state index < -0.39 is 0 Å². The molecule has 1 aromatic heterocycles. The molecule has 0 radical (unpaired) electrons. The average molecular weight is 450 g/mol. The molecule has 1 atom stereocenters. The molecule has 0 fully saturated rings. The summed E-state index contributed by atoms with van der Waals surface area (Å²) in [5.41, 5.74) is 0. The second kappa shape index (κ2) is 13.4. The summed E-state index contributed by atoms with van der Waals surface area (Å²) in [6.45, 7) is 10.9. The van der Waals surface area contributed by atoms with Gasteiger partial charge in [-0.3, -0.25) is 0 Å². The van der Waals surface area contributed by atoms with Crippen molar-refractivity contribution < 1.29 is 0 Å². The molecule has 0 aromatic carbocycles. The predicted molar refractivity (Wildman–Crippen MR) is 112 cm³/mol. The van der Waals surface area contributed by atoms with E-state index in [1.165, 1.54) is 32.1 Å². The Labute approximate surface area is 164 Å². The van der Waals surface area contributed by atoms with Gasteiger partial charge < -0.3 is 15.2 Å². The normalized spacial score (nSPS) is 12.6. The molecular formula is C17H35IN6. The second-order valence-electron chi connectivity index (χ2n) is 6.10. The lowest BCUT2D eigenvalue weighted by atomic mass is 9.97. The number of nitrogens with zero attached hydrogens (tertiary/aromatic N) is 4. The summed E-state index contributed by atoms with van der Waals surface area (Å²) in [4.78, 5) is 4.64. The summed E-state index contributed by atoms with van der Waals surface area (Å²) in [5, 5.41) is 15.0. The van der Waals surface area contributed by atoms with Crippen LogP contribution in [0, 0.1) is 12.8 Å². The Hall–Kier alpha value is -0.860. The highest BCUT2D eigenvalue weighted by Gasteiger charge is 2.09. The summed E-state index contributed by atoms with van der Waals surface area (Å²) in [5.74, 6) is 3.39. The topological polar surface area (TPSA) is 67.1 Å². The SMILES string of the molecule is CCCCC(CCC)CNC(=NCc1nnc(C)n1C)NCC.I. The molecule has 2 N–H and O–H groups in total. The summed E-state index contributed by atoms with van der Waals surface area (Å²) in [6.07, 6.45) is 6.37. The maximum Gasteiger partial charge on any atom is 0.191 e. The molecule has 7 heteroatoms. The third-order valence-corrected chi connectivity index (χ3v) is 4.13. The Morgan fingerprint density at radius 2 is 1.88 bits per heavy atom. The summed E-state index contributed by atoms with van der Waals surface area (Å²) in [7, 11) is 1.97. The van der Waals surface area contributed by atoms with Crippen molar-refractivity contribution in [3.05, 3.63) is 11.6 Å². The number of nitrogens with one attached hydrogen (secondary N) is 2. The molecule has 0 aliphatic rings. The van der Waals surface area contributed by atoms with E-state index in [9.17, 15) is 0 Å². The Morgan fingerprint density at radius 3 is 2.42 bits per heavy atom. The number of halogens is 1. The second-order valence-corrected chi connectivity index (χ2v) is 6.10. The number of aryl methyl sites for hydroxylation is 1. The van der Waals surface area contributed by atoms with Gasteiger partial charge in [0, 0.05) is 20.1 Å². The first-order valence-corrected chi connectivity index (χ1v) is 8.99. The number of aromatic nitrogens is 3. The van der Waals surface area contributed by atoms with Crippen LogP contribution >= 0.6 is 24.0 Å². The van der Waals surface area contributed by atoms with Gasteiger partial charge in [-0.15, -0.1) is 34.2 Å². The van der Waals surface area contributed by atoms with Gasteiger partial charge >= 0.3 is 0 Å². The van der Waals surface area contributed by atoms with Crippen molar-refractivity contribution in [1.29, 1.82) is 0 Å². The van der Waals surface area contributed by atoms with Crippen molar-refractivity contribution in [2.75, 3.05) is 13.1 Å². The Balaban J connectivity index is 0.00000529. The maximum absolute atomic E-state index is 4.64. The number of rotatable bonds is 10. The maximum atomic E-state index is 4.64. The van der Waals surface area contributed by atoms with Crippen LogP contribution in [0.4, 0.5) is 0 Å². The number of hydrogen-bond donors (Lipinski definition) is 2. The van der Waals surface area contributed by atoms with Crippen LogP contribution in [-0.4, -0.2) is 33.8 Å².